The lowest BCUT2D eigenvalue weighted by molar-refractivity contribution is -0.139. The molecule has 8 heteroatoms. The molecule has 0 bridgehead atoms. The van der Waals surface area contributed by atoms with Gasteiger partial charge in [-0.2, -0.15) is 5.10 Å². The van der Waals surface area contributed by atoms with Crippen molar-refractivity contribution in [3.05, 3.63) is 59.7 Å². The summed E-state index contributed by atoms with van der Waals surface area (Å²) in [7, 11) is 0. The van der Waals surface area contributed by atoms with Gasteiger partial charge in [0.05, 0.1) is 6.21 Å². The number of carbonyl (C=O) groups excluding carboxylic acids is 3. The number of carbonyl (C=O) groups is 3. The number of rotatable bonds is 8. The van der Waals surface area contributed by atoms with Crippen LogP contribution < -0.4 is 20.8 Å². The third-order valence-corrected chi connectivity index (χ3v) is 3.88. The van der Waals surface area contributed by atoms with Crippen LogP contribution in [0.3, 0.4) is 0 Å². The highest BCUT2D eigenvalue weighted by Crippen LogP contribution is 2.13. The van der Waals surface area contributed by atoms with Crippen molar-refractivity contribution in [1.82, 2.24) is 10.7 Å². The van der Waals surface area contributed by atoms with Gasteiger partial charge in [-0.05, 0) is 55.7 Å². The highest BCUT2D eigenvalue weighted by Gasteiger charge is 2.12. The molecule has 30 heavy (non-hydrogen) atoms. The summed E-state index contributed by atoms with van der Waals surface area (Å²) in [6.45, 7) is 5.42. The average Bonchev–Trinajstić information content (AvgIpc) is 2.72. The van der Waals surface area contributed by atoms with E-state index in [4.69, 9.17) is 4.74 Å². The lowest BCUT2D eigenvalue weighted by Gasteiger charge is -2.08. The summed E-state index contributed by atoms with van der Waals surface area (Å²) in [5.74, 6) is -1.41. The van der Waals surface area contributed by atoms with Crippen LogP contribution in [0.25, 0.3) is 0 Å². The third-order valence-electron chi connectivity index (χ3n) is 3.88. The fourth-order valence-electron chi connectivity index (χ4n) is 2.40. The summed E-state index contributed by atoms with van der Waals surface area (Å²) in [5, 5.41) is 9.00. The second-order valence-electron chi connectivity index (χ2n) is 6.79. The highest BCUT2D eigenvalue weighted by molar-refractivity contribution is 6.35. The summed E-state index contributed by atoms with van der Waals surface area (Å²) >= 11 is 0. The third kappa shape index (κ3) is 7.75. The Balaban J connectivity index is 1.83. The predicted molar refractivity (Wildman–Crippen MR) is 115 cm³/mol. The molecule has 0 atom stereocenters. The molecule has 8 nitrogen and oxygen atoms in total. The average molecular weight is 410 g/mol. The van der Waals surface area contributed by atoms with Crippen LogP contribution in [0.1, 0.15) is 31.9 Å². The maximum Gasteiger partial charge on any atom is 0.329 e. The summed E-state index contributed by atoms with van der Waals surface area (Å²) < 4.78 is 5.51. The molecule has 0 aliphatic heterocycles. The molecule has 2 rings (SSSR count). The van der Waals surface area contributed by atoms with Crippen LogP contribution >= 0.6 is 0 Å². The van der Waals surface area contributed by atoms with Crippen LogP contribution in [0.4, 0.5) is 5.69 Å². The standard InChI is InChI=1S/C22H26N4O4/c1-4-16-8-10-18(11-9-16)25-20(27)14-30-19-7-5-6-17(12-19)13-23-26-22(29)21(28)24-15(2)3/h5-13,15H,4,14H2,1-3H3,(H,24,28)(H,25,27)(H,26,29)/b23-13-. The number of aryl methyl sites for hydroxylation is 1. The van der Waals surface area contributed by atoms with Gasteiger partial charge in [-0.1, -0.05) is 31.2 Å². The fourth-order valence-corrected chi connectivity index (χ4v) is 2.40. The second kappa shape index (κ2) is 11.4. The number of nitrogens with one attached hydrogen (secondary N) is 3. The number of hydrogen-bond acceptors (Lipinski definition) is 5. The Bertz CT molecular complexity index is 908. The van der Waals surface area contributed by atoms with Gasteiger partial charge in [0.15, 0.2) is 6.61 Å². The van der Waals surface area contributed by atoms with Gasteiger partial charge in [-0.3, -0.25) is 14.4 Å². The first-order valence-corrected chi connectivity index (χ1v) is 9.63. The van der Waals surface area contributed by atoms with E-state index >= 15 is 0 Å². The SMILES string of the molecule is CCc1ccc(NC(=O)COc2cccc(/C=N\NC(=O)C(=O)NC(C)C)c2)cc1. The van der Waals surface area contributed by atoms with E-state index in [1.54, 1.807) is 38.1 Å². The van der Waals surface area contributed by atoms with Gasteiger partial charge >= 0.3 is 11.8 Å². The van der Waals surface area contributed by atoms with Crippen LogP contribution in [-0.2, 0) is 20.8 Å². The van der Waals surface area contributed by atoms with Crippen LogP contribution in [0.2, 0.25) is 0 Å². The molecule has 0 fully saturated rings. The van der Waals surface area contributed by atoms with Crippen LogP contribution in [0.15, 0.2) is 53.6 Å². The molecule has 0 radical (unpaired) electrons. The zero-order chi connectivity index (χ0) is 21.9. The van der Waals surface area contributed by atoms with Crippen LogP contribution in [0.5, 0.6) is 5.75 Å². The first-order valence-electron chi connectivity index (χ1n) is 9.63. The minimum Gasteiger partial charge on any atom is -0.484 e. The molecule has 0 unspecified atom stereocenters. The number of amides is 3. The summed E-state index contributed by atoms with van der Waals surface area (Å²) in [5.41, 5.74) is 4.69. The lowest BCUT2D eigenvalue weighted by Crippen LogP contribution is -2.41. The first kappa shape index (κ1) is 22.6. The van der Waals surface area contributed by atoms with E-state index in [0.717, 1.165) is 6.42 Å². The van der Waals surface area contributed by atoms with E-state index in [0.29, 0.717) is 17.0 Å². The Morgan fingerprint density at radius 1 is 1.07 bits per heavy atom. The molecule has 3 amide bonds. The van der Waals surface area contributed by atoms with Crippen molar-refractivity contribution in [2.75, 3.05) is 11.9 Å². The molecule has 0 spiro atoms. The predicted octanol–water partition coefficient (Wildman–Crippen LogP) is 2.24. The Hall–Kier alpha value is -3.68. The van der Waals surface area contributed by atoms with Crippen molar-refractivity contribution in [3.8, 4) is 5.75 Å². The smallest absolute Gasteiger partial charge is 0.329 e. The molecule has 158 valence electrons. The molecule has 0 aliphatic rings. The van der Waals surface area contributed by atoms with Crippen molar-refractivity contribution in [3.63, 3.8) is 0 Å². The van der Waals surface area contributed by atoms with Crippen molar-refractivity contribution < 1.29 is 19.1 Å². The van der Waals surface area contributed by atoms with Gasteiger partial charge < -0.3 is 15.4 Å². The monoisotopic (exact) mass is 410 g/mol. The minimum absolute atomic E-state index is 0.144. The van der Waals surface area contributed by atoms with Gasteiger partial charge in [-0.15, -0.1) is 0 Å². The topological polar surface area (TPSA) is 109 Å². The van der Waals surface area contributed by atoms with E-state index in [1.807, 2.05) is 24.3 Å². The number of hydrazone groups is 1. The molecule has 2 aromatic carbocycles. The molecular weight excluding hydrogens is 384 g/mol. The number of hydrogen-bond donors (Lipinski definition) is 3. The lowest BCUT2D eigenvalue weighted by atomic mass is 10.1. The molecule has 0 heterocycles. The molecule has 0 aliphatic carbocycles. The van der Waals surface area contributed by atoms with Gasteiger partial charge in [0.2, 0.25) is 0 Å². The second-order valence-corrected chi connectivity index (χ2v) is 6.79. The Morgan fingerprint density at radius 3 is 2.47 bits per heavy atom. The van der Waals surface area contributed by atoms with Gasteiger partial charge in [0, 0.05) is 11.7 Å². The maximum absolute atomic E-state index is 12.1. The summed E-state index contributed by atoms with van der Waals surface area (Å²) in [6.07, 6.45) is 2.31. The number of benzene rings is 2. The summed E-state index contributed by atoms with van der Waals surface area (Å²) in [4.78, 5) is 35.2. The van der Waals surface area contributed by atoms with E-state index in [-0.39, 0.29) is 18.6 Å². The molecule has 0 aromatic heterocycles. The van der Waals surface area contributed by atoms with Crippen LogP contribution in [-0.4, -0.2) is 36.6 Å². The Kier molecular flexibility index (Phi) is 8.56. The van der Waals surface area contributed by atoms with Crippen molar-refractivity contribution in [1.29, 1.82) is 0 Å². The zero-order valence-corrected chi connectivity index (χ0v) is 17.3. The molecule has 3 N–H and O–H groups in total. The molecule has 2 aromatic rings. The van der Waals surface area contributed by atoms with Gasteiger partial charge in [0.1, 0.15) is 5.75 Å². The van der Waals surface area contributed by atoms with Crippen LogP contribution in [0, 0.1) is 0 Å². The highest BCUT2D eigenvalue weighted by atomic mass is 16.5. The number of anilines is 1. The summed E-state index contributed by atoms with van der Waals surface area (Å²) in [6, 6.07) is 14.3. The Morgan fingerprint density at radius 2 is 1.80 bits per heavy atom. The van der Waals surface area contributed by atoms with E-state index < -0.39 is 11.8 Å². The maximum atomic E-state index is 12.1. The fraction of sp³-hybridized carbons (Fsp3) is 0.273. The largest absolute Gasteiger partial charge is 0.484 e. The van der Waals surface area contributed by atoms with Gasteiger partial charge in [-0.25, -0.2) is 5.43 Å². The Labute approximate surface area is 175 Å². The zero-order valence-electron chi connectivity index (χ0n) is 17.3. The first-order chi connectivity index (χ1) is 14.4. The van der Waals surface area contributed by atoms with Crippen molar-refractivity contribution in [2.45, 2.75) is 33.2 Å². The van der Waals surface area contributed by atoms with E-state index in [1.165, 1.54) is 11.8 Å². The molecular formula is C22H26N4O4. The normalized spacial score (nSPS) is 10.7. The molecule has 0 saturated carbocycles. The van der Waals surface area contributed by atoms with Crippen molar-refractivity contribution in [2.24, 2.45) is 5.10 Å². The molecule has 0 saturated heterocycles. The van der Waals surface area contributed by atoms with E-state index in [9.17, 15) is 14.4 Å². The van der Waals surface area contributed by atoms with Gasteiger partial charge in [0.25, 0.3) is 5.91 Å². The van der Waals surface area contributed by atoms with Crippen molar-refractivity contribution >= 4 is 29.6 Å². The minimum atomic E-state index is -0.851. The quantitative estimate of drug-likeness (QED) is 0.352. The van der Waals surface area contributed by atoms with E-state index in [2.05, 4.69) is 28.1 Å². The number of nitrogens with zero attached hydrogens (tertiary/aromatic N) is 1. The number of ether oxygens (including phenoxy) is 1.